The maximum Gasteiger partial charge on any atom is 0.339 e. The van der Waals surface area contributed by atoms with Crippen molar-refractivity contribution in [1.82, 2.24) is 4.98 Å². The van der Waals surface area contributed by atoms with Crippen molar-refractivity contribution in [3.05, 3.63) is 61.9 Å². The van der Waals surface area contributed by atoms with E-state index in [0.29, 0.717) is 11.3 Å². The van der Waals surface area contributed by atoms with Crippen molar-refractivity contribution in [1.29, 1.82) is 0 Å². The van der Waals surface area contributed by atoms with Gasteiger partial charge < -0.3 is 9.15 Å². The summed E-state index contributed by atoms with van der Waals surface area (Å²) < 4.78 is 10.7. The first-order chi connectivity index (χ1) is 12.1. The lowest BCUT2D eigenvalue weighted by atomic mass is 10.1. The van der Waals surface area contributed by atoms with Gasteiger partial charge in [0.05, 0.1) is 10.7 Å². The lowest BCUT2D eigenvalue weighted by Gasteiger charge is -2.06. The SMILES string of the molecule is Cc1nc(/C=C/C(=O)Oc2ccc3c4c(c(=O)oc3c2)CCC4)cs1. The van der Waals surface area contributed by atoms with Gasteiger partial charge in [-0.3, -0.25) is 0 Å². The van der Waals surface area contributed by atoms with E-state index >= 15 is 0 Å². The number of nitrogens with zero attached hydrogens (tertiary/aromatic N) is 1. The molecule has 4 rings (SSSR count). The zero-order valence-corrected chi connectivity index (χ0v) is 14.4. The van der Waals surface area contributed by atoms with E-state index in [2.05, 4.69) is 4.98 Å². The molecule has 0 aliphatic heterocycles. The van der Waals surface area contributed by atoms with E-state index in [1.165, 1.54) is 17.4 Å². The molecule has 0 atom stereocenters. The molecule has 1 aliphatic rings. The van der Waals surface area contributed by atoms with Crippen molar-refractivity contribution in [2.75, 3.05) is 0 Å². The molecular formula is C19H15NO4S. The smallest absolute Gasteiger partial charge is 0.339 e. The molecule has 0 spiro atoms. The summed E-state index contributed by atoms with van der Waals surface area (Å²) in [5, 5.41) is 3.72. The molecule has 0 N–H and O–H groups in total. The Morgan fingerprint density at radius 1 is 1.32 bits per heavy atom. The normalized spacial score (nSPS) is 13.5. The highest BCUT2D eigenvalue weighted by atomic mass is 32.1. The van der Waals surface area contributed by atoms with Crippen LogP contribution in [0.5, 0.6) is 5.75 Å². The third-order valence-electron chi connectivity index (χ3n) is 4.19. The largest absolute Gasteiger partial charge is 0.423 e. The topological polar surface area (TPSA) is 69.4 Å². The molecule has 0 saturated heterocycles. The molecule has 0 bridgehead atoms. The number of thiazole rings is 1. The number of benzene rings is 1. The quantitative estimate of drug-likeness (QED) is 0.311. The Balaban J connectivity index is 1.58. The number of esters is 1. The highest BCUT2D eigenvalue weighted by molar-refractivity contribution is 7.09. The number of fused-ring (bicyclic) bond motifs is 3. The second-order valence-electron chi connectivity index (χ2n) is 5.90. The van der Waals surface area contributed by atoms with Crippen LogP contribution in [0, 0.1) is 6.92 Å². The number of aryl methyl sites for hydroxylation is 2. The summed E-state index contributed by atoms with van der Waals surface area (Å²) in [5.74, 6) is -0.161. The minimum absolute atomic E-state index is 0.290. The Kier molecular flexibility index (Phi) is 3.97. The minimum Gasteiger partial charge on any atom is -0.423 e. The molecular weight excluding hydrogens is 338 g/mol. The number of carbonyl (C=O) groups excluding carboxylic acids is 1. The number of carbonyl (C=O) groups is 1. The Hall–Kier alpha value is -2.73. The average Bonchev–Trinajstić information content (AvgIpc) is 3.22. The molecule has 5 nitrogen and oxygen atoms in total. The molecule has 1 aromatic carbocycles. The Bertz CT molecular complexity index is 1060. The molecule has 1 aliphatic carbocycles. The van der Waals surface area contributed by atoms with Crippen LogP contribution in [-0.4, -0.2) is 11.0 Å². The fourth-order valence-corrected chi connectivity index (χ4v) is 3.67. The number of aromatic nitrogens is 1. The minimum atomic E-state index is -0.506. The highest BCUT2D eigenvalue weighted by Gasteiger charge is 2.19. The van der Waals surface area contributed by atoms with Crippen LogP contribution in [0.4, 0.5) is 0 Å². The van der Waals surface area contributed by atoms with Gasteiger partial charge in [-0.15, -0.1) is 11.3 Å². The van der Waals surface area contributed by atoms with E-state index in [-0.39, 0.29) is 5.63 Å². The lowest BCUT2D eigenvalue weighted by Crippen LogP contribution is -2.07. The molecule has 126 valence electrons. The number of hydrogen-bond donors (Lipinski definition) is 0. The maximum atomic E-state index is 12.0. The molecule has 0 saturated carbocycles. The van der Waals surface area contributed by atoms with Crippen LogP contribution < -0.4 is 10.4 Å². The van der Waals surface area contributed by atoms with Gasteiger partial charge >= 0.3 is 11.6 Å². The number of ether oxygens (including phenoxy) is 1. The summed E-state index contributed by atoms with van der Waals surface area (Å²) in [6.45, 7) is 1.90. The summed E-state index contributed by atoms with van der Waals surface area (Å²) in [7, 11) is 0. The van der Waals surface area contributed by atoms with Crippen LogP contribution in [0.15, 0.2) is 38.9 Å². The van der Waals surface area contributed by atoms with E-state index in [4.69, 9.17) is 9.15 Å². The van der Waals surface area contributed by atoms with Crippen molar-refractivity contribution in [2.24, 2.45) is 0 Å². The monoisotopic (exact) mass is 353 g/mol. The molecule has 2 heterocycles. The molecule has 25 heavy (non-hydrogen) atoms. The zero-order valence-electron chi connectivity index (χ0n) is 13.6. The first-order valence-corrected chi connectivity index (χ1v) is 8.89. The Morgan fingerprint density at radius 2 is 2.16 bits per heavy atom. The van der Waals surface area contributed by atoms with Crippen LogP contribution in [0.25, 0.3) is 17.0 Å². The maximum absolute atomic E-state index is 12.0. The van der Waals surface area contributed by atoms with Crippen molar-refractivity contribution in [3.8, 4) is 5.75 Å². The van der Waals surface area contributed by atoms with Gasteiger partial charge in [-0.1, -0.05) is 0 Å². The average molecular weight is 353 g/mol. The summed E-state index contributed by atoms with van der Waals surface area (Å²) in [6, 6.07) is 5.16. The van der Waals surface area contributed by atoms with Gasteiger partial charge in [0.15, 0.2) is 0 Å². The molecule has 0 amide bonds. The first kappa shape index (κ1) is 15.8. The third kappa shape index (κ3) is 3.13. The zero-order chi connectivity index (χ0) is 17.4. The first-order valence-electron chi connectivity index (χ1n) is 8.01. The van der Waals surface area contributed by atoms with Crippen molar-refractivity contribution in [3.63, 3.8) is 0 Å². The van der Waals surface area contributed by atoms with E-state index in [1.807, 2.05) is 18.4 Å². The third-order valence-corrected chi connectivity index (χ3v) is 4.98. The highest BCUT2D eigenvalue weighted by Crippen LogP contribution is 2.29. The molecule has 0 unspecified atom stereocenters. The summed E-state index contributed by atoms with van der Waals surface area (Å²) in [4.78, 5) is 28.2. The van der Waals surface area contributed by atoms with Crippen LogP contribution in [0.3, 0.4) is 0 Å². The van der Waals surface area contributed by atoms with E-state index in [0.717, 1.165) is 46.5 Å². The van der Waals surface area contributed by atoms with E-state index in [1.54, 1.807) is 18.2 Å². The predicted molar refractivity (Wildman–Crippen MR) is 96.0 cm³/mol. The van der Waals surface area contributed by atoms with Crippen molar-refractivity contribution < 1.29 is 13.9 Å². The van der Waals surface area contributed by atoms with Crippen LogP contribution in [0.2, 0.25) is 0 Å². The van der Waals surface area contributed by atoms with E-state index < -0.39 is 5.97 Å². The molecule has 6 heteroatoms. The molecule has 2 aromatic heterocycles. The van der Waals surface area contributed by atoms with Gasteiger partial charge in [-0.2, -0.15) is 0 Å². The van der Waals surface area contributed by atoms with Crippen molar-refractivity contribution >= 4 is 34.4 Å². The fraction of sp³-hybridized carbons (Fsp3) is 0.211. The summed E-state index contributed by atoms with van der Waals surface area (Å²) in [6.07, 6.45) is 5.56. The van der Waals surface area contributed by atoms with Crippen LogP contribution >= 0.6 is 11.3 Å². The van der Waals surface area contributed by atoms with Gasteiger partial charge in [0.25, 0.3) is 0 Å². The van der Waals surface area contributed by atoms with E-state index in [9.17, 15) is 9.59 Å². The Labute approximate surface area is 147 Å². The molecule has 3 aromatic rings. The van der Waals surface area contributed by atoms with Gasteiger partial charge in [-0.05, 0) is 50.0 Å². The van der Waals surface area contributed by atoms with Gasteiger partial charge in [-0.25, -0.2) is 14.6 Å². The summed E-state index contributed by atoms with van der Waals surface area (Å²) in [5.41, 5.74) is 2.72. The van der Waals surface area contributed by atoms with Crippen LogP contribution in [-0.2, 0) is 17.6 Å². The number of rotatable bonds is 3. The second kappa shape index (κ2) is 6.29. The second-order valence-corrected chi connectivity index (χ2v) is 6.97. The number of hydrogen-bond acceptors (Lipinski definition) is 6. The Morgan fingerprint density at radius 3 is 2.96 bits per heavy atom. The molecule has 0 fully saturated rings. The van der Waals surface area contributed by atoms with Gasteiger partial charge in [0.2, 0.25) is 0 Å². The summed E-state index contributed by atoms with van der Waals surface area (Å²) >= 11 is 1.52. The molecule has 0 radical (unpaired) electrons. The fourth-order valence-electron chi connectivity index (χ4n) is 3.09. The standard InChI is InChI=1S/C19H15NO4S/c1-11-20-12(10-25-11)5-8-18(21)23-13-6-7-15-14-3-2-4-16(14)19(22)24-17(15)9-13/h5-10H,2-4H2,1H3/b8-5+. The van der Waals surface area contributed by atoms with Crippen LogP contribution in [0.1, 0.15) is 28.2 Å². The predicted octanol–water partition coefficient (Wildman–Crippen LogP) is 3.67. The lowest BCUT2D eigenvalue weighted by molar-refractivity contribution is -0.128. The van der Waals surface area contributed by atoms with Gasteiger partial charge in [0.1, 0.15) is 11.3 Å². The van der Waals surface area contributed by atoms with Crippen molar-refractivity contribution in [2.45, 2.75) is 26.2 Å². The van der Waals surface area contributed by atoms with Gasteiger partial charge in [0, 0.05) is 28.5 Å².